The third-order valence-electron chi connectivity index (χ3n) is 5.15. The van der Waals surface area contributed by atoms with Crippen LogP contribution >= 0.6 is 0 Å². The number of aliphatic hydroxyl groups is 2. The van der Waals surface area contributed by atoms with Crippen molar-refractivity contribution in [2.75, 3.05) is 32.7 Å². The number of hydrogen-bond donors (Lipinski definition) is 4. The Morgan fingerprint density at radius 1 is 1.09 bits per heavy atom. The van der Waals surface area contributed by atoms with E-state index in [1.807, 2.05) is 0 Å². The van der Waals surface area contributed by atoms with Crippen molar-refractivity contribution in [3.8, 4) is 0 Å². The quantitative estimate of drug-likeness (QED) is 0.602. The Morgan fingerprint density at radius 3 is 2.48 bits per heavy atom. The van der Waals surface area contributed by atoms with E-state index < -0.39 is 12.2 Å². The molecule has 2 aliphatic rings. The molecule has 1 aromatic rings. The first kappa shape index (κ1) is 16.9. The fourth-order valence-electron chi connectivity index (χ4n) is 3.61. The monoisotopic (exact) mass is 319 g/mol. The molecule has 0 amide bonds. The Balaban J connectivity index is 1.32. The van der Waals surface area contributed by atoms with E-state index in [1.54, 1.807) is 0 Å². The zero-order valence-electron chi connectivity index (χ0n) is 13.7. The van der Waals surface area contributed by atoms with Crippen molar-refractivity contribution in [2.45, 2.75) is 37.6 Å². The fraction of sp³-hybridized carbons (Fsp3) is 0.667. The highest BCUT2D eigenvalue weighted by Gasteiger charge is 2.32. The SMILES string of the molecule is O[C@H]1[C@@H](O)CN[C@@H]1CNCC1CCN(Cc2ccccc2)CC1. The van der Waals surface area contributed by atoms with Gasteiger partial charge in [-0.15, -0.1) is 0 Å². The molecule has 2 aliphatic heterocycles. The zero-order valence-corrected chi connectivity index (χ0v) is 13.7. The molecule has 0 aromatic heterocycles. The molecule has 2 fully saturated rings. The lowest BCUT2D eigenvalue weighted by Crippen LogP contribution is -2.44. The van der Waals surface area contributed by atoms with Crippen LogP contribution in [0.25, 0.3) is 0 Å². The van der Waals surface area contributed by atoms with Crippen molar-refractivity contribution in [3.05, 3.63) is 35.9 Å². The van der Waals surface area contributed by atoms with Crippen LogP contribution in [-0.4, -0.2) is 66.1 Å². The van der Waals surface area contributed by atoms with E-state index >= 15 is 0 Å². The van der Waals surface area contributed by atoms with Gasteiger partial charge in [-0.25, -0.2) is 0 Å². The number of hydrogen-bond acceptors (Lipinski definition) is 5. The lowest BCUT2D eigenvalue weighted by molar-refractivity contribution is 0.0404. The number of rotatable bonds is 6. The average molecular weight is 319 g/mol. The van der Waals surface area contributed by atoms with Crippen LogP contribution in [0.5, 0.6) is 0 Å². The number of nitrogens with zero attached hydrogens (tertiary/aromatic N) is 1. The van der Waals surface area contributed by atoms with Gasteiger partial charge in [-0.2, -0.15) is 0 Å². The molecule has 23 heavy (non-hydrogen) atoms. The number of β-amino-alcohol motifs (C(OH)–C–C–N with tert-alkyl or cyclic N) is 1. The van der Waals surface area contributed by atoms with Crippen molar-refractivity contribution < 1.29 is 10.2 Å². The highest BCUT2D eigenvalue weighted by atomic mass is 16.3. The Hall–Kier alpha value is -0.980. The van der Waals surface area contributed by atoms with Crippen molar-refractivity contribution in [3.63, 3.8) is 0 Å². The number of benzene rings is 1. The summed E-state index contributed by atoms with van der Waals surface area (Å²) in [6.07, 6.45) is 1.19. The minimum Gasteiger partial charge on any atom is -0.389 e. The van der Waals surface area contributed by atoms with Crippen molar-refractivity contribution in [1.29, 1.82) is 0 Å². The smallest absolute Gasteiger partial charge is 0.0976 e. The first-order chi connectivity index (χ1) is 11.2. The predicted octanol–water partition coefficient (Wildman–Crippen LogP) is 0.182. The van der Waals surface area contributed by atoms with Crippen LogP contribution < -0.4 is 10.6 Å². The van der Waals surface area contributed by atoms with Gasteiger partial charge in [0.25, 0.3) is 0 Å². The summed E-state index contributed by atoms with van der Waals surface area (Å²) < 4.78 is 0. The second-order valence-corrected chi connectivity index (χ2v) is 6.94. The van der Waals surface area contributed by atoms with E-state index in [0.29, 0.717) is 12.5 Å². The van der Waals surface area contributed by atoms with E-state index in [0.717, 1.165) is 32.7 Å². The summed E-state index contributed by atoms with van der Waals surface area (Å²) in [4.78, 5) is 2.53. The van der Waals surface area contributed by atoms with Gasteiger partial charge in [0.15, 0.2) is 0 Å². The summed E-state index contributed by atoms with van der Waals surface area (Å²) in [5.41, 5.74) is 1.39. The van der Waals surface area contributed by atoms with Crippen LogP contribution in [0.4, 0.5) is 0 Å². The second-order valence-electron chi connectivity index (χ2n) is 6.94. The molecule has 1 aromatic carbocycles. The first-order valence-electron chi connectivity index (χ1n) is 8.79. The zero-order chi connectivity index (χ0) is 16.1. The minimum absolute atomic E-state index is 0.0248. The molecule has 3 atom stereocenters. The molecule has 0 radical (unpaired) electrons. The fourth-order valence-corrected chi connectivity index (χ4v) is 3.61. The molecule has 5 nitrogen and oxygen atoms in total. The van der Waals surface area contributed by atoms with Crippen LogP contribution in [0.15, 0.2) is 30.3 Å². The predicted molar refractivity (Wildman–Crippen MR) is 91.1 cm³/mol. The van der Waals surface area contributed by atoms with Gasteiger partial charge in [0.1, 0.15) is 0 Å². The van der Waals surface area contributed by atoms with Crippen LogP contribution in [0, 0.1) is 5.92 Å². The summed E-state index contributed by atoms with van der Waals surface area (Å²) in [7, 11) is 0. The van der Waals surface area contributed by atoms with Gasteiger partial charge in [-0.05, 0) is 44.0 Å². The van der Waals surface area contributed by atoms with Gasteiger partial charge < -0.3 is 20.8 Å². The summed E-state index contributed by atoms with van der Waals surface area (Å²) in [5.74, 6) is 0.713. The van der Waals surface area contributed by atoms with E-state index in [2.05, 4.69) is 45.9 Å². The maximum atomic E-state index is 9.81. The van der Waals surface area contributed by atoms with Crippen molar-refractivity contribution in [1.82, 2.24) is 15.5 Å². The van der Waals surface area contributed by atoms with Crippen molar-refractivity contribution in [2.24, 2.45) is 5.92 Å². The van der Waals surface area contributed by atoms with Crippen LogP contribution in [0.1, 0.15) is 18.4 Å². The molecule has 128 valence electrons. The molecular formula is C18H29N3O2. The summed E-state index contributed by atoms with van der Waals surface area (Å²) in [6.45, 7) is 5.58. The van der Waals surface area contributed by atoms with E-state index in [4.69, 9.17) is 0 Å². The molecule has 0 saturated carbocycles. The van der Waals surface area contributed by atoms with Crippen LogP contribution in [0.3, 0.4) is 0 Å². The van der Waals surface area contributed by atoms with Crippen LogP contribution in [-0.2, 0) is 6.54 Å². The second kappa shape index (κ2) is 8.22. The Labute approximate surface area is 138 Å². The van der Waals surface area contributed by atoms with Crippen molar-refractivity contribution >= 4 is 0 Å². The molecule has 2 heterocycles. The maximum Gasteiger partial charge on any atom is 0.0976 e. The highest BCUT2D eigenvalue weighted by molar-refractivity contribution is 5.14. The van der Waals surface area contributed by atoms with Gasteiger partial charge in [0.2, 0.25) is 0 Å². The standard InChI is InChI=1S/C18H29N3O2/c22-17-12-20-16(18(17)23)11-19-10-14-6-8-21(9-7-14)13-15-4-2-1-3-5-15/h1-5,14,16-20,22-23H,6-13H2/t16-,17+,18-/m1/s1. The maximum absolute atomic E-state index is 9.81. The molecule has 0 unspecified atom stereocenters. The molecule has 0 spiro atoms. The minimum atomic E-state index is -0.643. The molecule has 4 N–H and O–H groups in total. The van der Waals surface area contributed by atoms with E-state index in [1.165, 1.54) is 18.4 Å². The van der Waals surface area contributed by atoms with Gasteiger partial charge >= 0.3 is 0 Å². The highest BCUT2D eigenvalue weighted by Crippen LogP contribution is 2.18. The summed E-state index contributed by atoms with van der Waals surface area (Å²) in [5, 5.41) is 25.9. The average Bonchev–Trinajstić information content (AvgIpc) is 2.90. The molecule has 5 heteroatoms. The van der Waals surface area contributed by atoms with Gasteiger partial charge in [-0.3, -0.25) is 4.90 Å². The summed E-state index contributed by atoms with van der Waals surface area (Å²) >= 11 is 0. The molecule has 0 aliphatic carbocycles. The third kappa shape index (κ3) is 4.75. The molecule has 0 bridgehead atoms. The third-order valence-corrected chi connectivity index (χ3v) is 5.15. The first-order valence-corrected chi connectivity index (χ1v) is 8.79. The Morgan fingerprint density at radius 2 is 1.83 bits per heavy atom. The number of aliphatic hydroxyl groups excluding tert-OH is 2. The van der Waals surface area contributed by atoms with Crippen LogP contribution in [0.2, 0.25) is 0 Å². The lowest BCUT2D eigenvalue weighted by Gasteiger charge is -2.32. The van der Waals surface area contributed by atoms with Gasteiger partial charge in [0, 0.05) is 25.7 Å². The Bertz CT molecular complexity index is 463. The topological polar surface area (TPSA) is 67.8 Å². The molecular weight excluding hydrogens is 290 g/mol. The normalized spacial score (nSPS) is 29.9. The number of piperidine rings is 1. The molecule has 2 saturated heterocycles. The number of likely N-dealkylation sites (tertiary alicyclic amines) is 1. The van der Waals surface area contributed by atoms with E-state index in [-0.39, 0.29) is 6.04 Å². The summed E-state index contributed by atoms with van der Waals surface area (Å²) in [6, 6.07) is 10.6. The number of nitrogens with one attached hydrogen (secondary N) is 2. The Kier molecular flexibility index (Phi) is 6.02. The van der Waals surface area contributed by atoms with Gasteiger partial charge in [0.05, 0.1) is 12.2 Å². The largest absolute Gasteiger partial charge is 0.389 e. The molecule has 3 rings (SSSR count). The van der Waals surface area contributed by atoms with Gasteiger partial charge in [-0.1, -0.05) is 30.3 Å². The van der Waals surface area contributed by atoms with E-state index in [9.17, 15) is 10.2 Å². The lowest BCUT2D eigenvalue weighted by atomic mass is 9.96.